The van der Waals surface area contributed by atoms with E-state index in [1.54, 1.807) is 11.0 Å². The van der Waals surface area contributed by atoms with Gasteiger partial charge in [-0.2, -0.15) is 5.10 Å². The van der Waals surface area contributed by atoms with E-state index in [4.69, 9.17) is 0 Å². The van der Waals surface area contributed by atoms with Crippen molar-refractivity contribution in [3.63, 3.8) is 0 Å². The first-order valence-corrected chi connectivity index (χ1v) is 9.30. The quantitative estimate of drug-likeness (QED) is 0.577. The van der Waals surface area contributed by atoms with Crippen LogP contribution in [0.4, 0.5) is 14.5 Å². The van der Waals surface area contributed by atoms with Crippen molar-refractivity contribution in [3.8, 4) is 0 Å². The summed E-state index contributed by atoms with van der Waals surface area (Å²) in [5, 5.41) is 20.6. The normalized spacial score (nSPS) is 16.8. The van der Waals surface area contributed by atoms with Crippen LogP contribution in [-0.2, 0) is 11.3 Å². The molecule has 150 valence electrons. The Bertz CT molecular complexity index is 1060. The summed E-state index contributed by atoms with van der Waals surface area (Å²) in [6, 6.07) is 8.89. The minimum atomic E-state index is -0.616. The molecule has 0 spiro atoms. The average molecular weight is 398 g/mol. The third-order valence-corrected chi connectivity index (χ3v) is 4.87. The van der Waals surface area contributed by atoms with Crippen LogP contribution in [0.3, 0.4) is 0 Å². The Morgan fingerprint density at radius 1 is 1.28 bits per heavy atom. The van der Waals surface area contributed by atoms with Crippen molar-refractivity contribution in [2.75, 3.05) is 18.4 Å². The third-order valence-electron chi connectivity index (χ3n) is 4.87. The number of nitrogens with zero attached hydrogens (tertiary/aromatic N) is 2. The lowest BCUT2D eigenvalue weighted by Crippen LogP contribution is -2.27. The lowest BCUT2D eigenvalue weighted by atomic mass is 10.1. The van der Waals surface area contributed by atoms with Gasteiger partial charge < -0.3 is 15.3 Å². The molecule has 1 atom stereocenters. The number of fused-ring (bicyclic) bond motifs is 1. The van der Waals surface area contributed by atoms with Crippen LogP contribution in [0.2, 0.25) is 0 Å². The number of aromatic amines is 1. The molecule has 1 saturated heterocycles. The van der Waals surface area contributed by atoms with E-state index < -0.39 is 17.7 Å². The standard InChI is InChI=1S/C21H20F2N4O2/c22-14-7-13(8-15(23)9-14)11-24-16-1-2-19-18(10-16)20(26-25-19)3-4-21(29)27-6-5-17(28)12-27/h1-4,7-10,17,24,28H,5-6,11-12H2,(H,25,26)/b4-3+. The minimum absolute atomic E-state index is 0.160. The monoisotopic (exact) mass is 398 g/mol. The molecule has 2 heterocycles. The first-order valence-electron chi connectivity index (χ1n) is 9.30. The van der Waals surface area contributed by atoms with Crippen molar-refractivity contribution < 1.29 is 18.7 Å². The molecule has 1 aliphatic heterocycles. The number of anilines is 1. The molecule has 1 aliphatic rings. The van der Waals surface area contributed by atoms with Gasteiger partial charge >= 0.3 is 0 Å². The molecule has 1 amide bonds. The molecular formula is C21H20F2N4O2. The van der Waals surface area contributed by atoms with E-state index in [9.17, 15) is 18.7 Å². The molecule has 1 unspecified atom stereocenters. The van der Waals surface area contributed by atoms with Gasteiger partial charge in [0.25, 0.3) is 0 Å². The molecule has 1 aromatic heterocycles. The molecule has 3 N–H and O–H groups in total. The van der Waals surface area contributed by atoms with Crippen molar-refractivity contribution in [3.05, 3.63) is 65.4 Å². The zero-order valence-corrected chi connectivity index (χ0v) is 15.5. The summed E-state index contributed by atoms with van der Waals surface area (Å²) in [7, 11) is 0. The maximum Gasteiger partial charge on any atom is 0.246 e. The molecule has 3 aromatic rings. The number of halogens is 2. The van der Waals surface area contributed by atoms with E-state index in [0.29, 0.717) is 30.8 Å². The van der Waals surface area contributed by atoms with Gasteiger partial charge in [-0.3, -0.25) is 9.89 Å². The number of benzene rings is 2. The number of aliphatic hydroxyl groups excluding tert-OH is 1. The molecule has 29 heavy (non-hydrogen) atoms. The van der Waals surface area contributed by atoms with Crippen molar-refractivity contribution in [2.24, 2.45) is 0 Å². The van der Waals surface area contributed by atoms with Crippen LogP contribution < -0.4 is 5.32 Å². The summed E-state index contributed by atoms with van der Waals surface area (Å²) in [4.78, 5) is 13.8. The number of carbonyl (C=O) groups excluding carboxylic acids is 1. The first-order chi connectivity index (χ1) is 14.0. The predicted molar refractivity (Wildman–Crippen MR) is 106 cm³/mol. The van der Waals surface area contributed by atoms with Gasteiger partial charge in [0.2, 0.25) is 5.91 Å². The van der Waals surface area contributed by atoms with Crippen LogP contribution in [0.15, 0.2) is 42.5 Å². The number of β-amino-alcohol motifs (C(OH)–C–C–N with tert-alkyl or cyclic N) is 1. The lowest BCUT2D eigenvalue weighted by Gasteiger charge is -2.12. The Balaban J connectivity index is 1.48. The van der Waals surface area contributed by atoms with E-state index in [1.165, 1.54) is 18.2 Å². The van der Waals surface area contributed by atoms with Crippen molar-refractivity contribution in [1.29, 1.82) is 0 Å². The molecule has 0 bridgehead atoms. The van der Waals surface area contributed by atoms with Crippen LogP contribution in [0, 0.1) is 11.6 Å². The Hall–Kier alpha value is -3.26. The Kier molecular flexibility index (Phi) is 5.26. The summed E-state index contributed by atoms with van der Waals surface area (Å²) in [5.74, 6) is -1.39. The van der Waals surface area contributed by atoms with E-state index in [-0.39, 0.29) is 12.5 Å². The number of carbonyl (C=O) groups is 1. The lowest BCUT2D eigenvalue weighted by molar-refractivity contribution is -0.125. The maximum atomic E-state index is 13.3. The average Bonchev–Trinajstić information content (AvgIpc) is 3.29. The van der Waals surface area contributed by atoms with E-state index >= 15 is 0 Å². The molecule has 0 aliphatic carbocycles. The van der Waals surface area contributed by atoms with Gasteiger partial charge in [0.15, 0.2) is 0 Å². The highest BCUT2D eigenvalue weighted by Crippen LogP contribution is 2.22. The van der Waals surface area contributed by atoms with Gasteiger partial charge in [0.05, 0.1) is 17.3 Å². The highest BCUT2D eigenvalue weighted by Gasteiger charge is 2.22. The number of hydrogen-bond acceptors (Lipinski definition) is 4. The topological polar surface area (TPSA) is 81.2 Å². The van der Waals surface area contributed by atoms with Gasteiger partial charge in [-0.25, -0.2) is 8.78 Å². The number of hydrogen-bond donors (Lipinski definition) is 3. The van der Waals surface area contributed by atoms with Crippen LogP contribution in [0.25, 0.3) is 17.0 Å². The van der Waals surface area contributed by atoms with Crippen molar-refractivity contribution in [1.82, 2.24) is 15.1 Å². The van der Waals surface area contributed by atoms with Crippen LogP contribution >= 0.6 is 0 Å². The van der Waals surface area contributed by atoms with E-state index in [1.807, 2.05) is 18.2 Å². The zero-order valence-electron chi connectivity index (χ0n) is 15.5. The van der Waals surface area contributed by atoms with Gasteiger partial charge in [-0.1, -0.05) is 0 Å². The van der Waals surface area contributed by atoms with Crippen LogP contribution in [-0.4, -0.2) is 45.3 Å². The van der Waals surface area contributed by atoms with E-state index in [0.717, 1.165) is 22.7 Å². The molecule has 1 fully saturated rings. The second kappa shape index (κ2) is 8.00. The Morgan fingerprint density at radius 2 is 2.07 bits per heavy atom. The number of aliphatic hydroxyl groups is 1. The second-order valence-electron chi connectivity index (χ2n) is 7.06. The molecule has 4 rings (SSSR count). The summed E-state index contributed by atoms with van der Waals surface area (Å²) in [6.45, 7) is 1.16. The molecule has 8 heteroatoms. The van der Waals surface area contributed by atoms with Gasteiger partial charge in [-0.15, -0.1) is 0 Å². The molecule has 0 saturated carbocycles. The second-order valence-corrected chi connectivity index (χ2v) is 7.06. The first kappa shape index (κ1) is 19.1. The smallest absolute Gasteiger partial charge is 0.246 e. The molecule has 2 aromatic carbocycles. The number of aromatic nitrogens is 2. The highest BCUT2D eigenvalue weighted by molar-refractivity contribution is 5.96. The number of likely N-dealkylation sites (tertiary alicyclic amines) is 1. The number of amides is 1. The van der Waals surface area contributed by atoms with Gasteiger partial charge in [0, 0.05) is 42.9 Å². The number of nitrogens with one attached hydrogen (secondary N) is 2. The molecular weight excluding hydrogens is 378 g/mol. The third kappa shape index (κ3) is 4.43. The minimum Gasteiger partial charge on any atom is -0.391 e. The maximum absolute atomic E-state index is 13.3. The van der Waals surface area contributed by atoms with Crippen molar-refractivity contribution >= 4 is 28.6 Å². The predicted octanol–water partition coefficient (Wildman–Crippen LogP) is 3.06. The fraction of sp³-hybridized carbons (Fsp3) is 0.238. The molecule has 6 nitrogen and oxygen atoms in total. The molecule has 0 radical (unpaired) electrons. The Morgan fingerprint density at radius 3 is 2.79 bits per heavy atom. The SMILES string of the molecule is O=C(/C=C/c1[nH]nc2ccc(NCc3cc(F)cc(F)c3)cc12)N1CCC(O)C1. The van der Waals surface area contributed by atoms with Crippen LogP contribution in [0.1, 0.15) is 17.7 Å². The largest absolute Gasteiger partial charge is 0.391 e. The summed E-state index contributed by atoms with van der Waals surface area (Å²) in [5.41, 5.74) is 2.66. The van der Waals surface area contributed by atoms with Gasteiger partial charge in [0.1, 0.15) is 11.6 Å². The number of H-pyrrole nitrogens is 1. The zero-order chi connectivity index (χ0) is 20.4. The van der Waals surface area contributed by atoms with Crippen LogP contribution in [0.5, 0.6) is 0 Å². The highest BCUT2D eigenvalue weighted by atomic mass is 19.1. The summed E-state index contributed by atoms with van der Waals surface area (Å²) in [6.07, 6.45) is 3.26. The Labute approximate surface area is 165 Å². The van der Waals surface area contributed by atoms with Gasteiger partial charge in [-0.05, 0) is 48.4 Å². The fourth-order valence-electron chi connectivity index (χ4n) is 3.39. The summed E-state index contributed by atoms with van der Waals surface area (Å²) < 4.78 is 26.6. The summed E-state index contributed by atoms with van der Waals surface area (Å²) >= 11 is 0. The van der Waals surface area contributed by atoms with E-state index in [2.05, 4.69) is 15.5 Å². The van der Waals surface area contributed by atoms with Crippen molar-refractivity contribution in [2.45, 2.75) is 19.1 Å². The number of rotatable bonds is 5. The fourth-order valence-corrected chi connectivity index (χ4v) is 3.39.